The number of nitrogens with zero attached hydrogens (tertiary/aromatic N) is 1. The van der Waals surface area contributed by atoms with Crippen LogP contribution in [-0.4, -0.2) is 30.5 Å². The quantitative estimate of drug-likeness (QED) is 0.559. The lowest BCUT2D eigenvalue weighted by Crippen LogP contribution is -2.36. The van der Waals surface area contributed by atoms with Gasteiger partial charge in [0.1, 0.15) is 5.76 Å². The molecule has 2 aromatic rings. The van der Waals surface area contributed by atoms with Gasteiger partial charge in [-0.15, -0.1) is 0 Å². The van der Waals surface area contributed by atoms with E-state index in [1.165, 1.54) is 19.2 Å². The van der Waals surface area contributed by atoms with Gasteiger partial charge < -0.3 is 20.7 Å². The highest BCUT2D eigenvalue weighted by molar-refractivity contribution is 5.99. The van der Waals surface area contributed by atoms with Crippen LogP contribution < -0.4 is 16.0 Å². The first-order valence-electron chi connectivity index (χ1n) is 10.5. The van der Waals surface area contributed by atoms with Crippen LogP contribution in [0.15, 0.2) is 53.9 Å². The molecule has 2 amide bonds. The zero-order chi connectivity index (χ0) is 23.6. The number of halogens is 3. The lowest BCUT2D eigenvalue weighted by atomic mass is 9.88. The van der Waals surface area contributed by atoms with Gasteiger partial charge in [-0.2, -0.15) is 13.2 Å². The van der Waals surface area contributed by atoms with Crippen LogP contribution in [0.2, 0.25) is 0 Å². The van der Waals surface area contributed by atoms with Crippen LogP contribution in [0.4, 0.5) is 23.7 Å². The Kier molecular flexibility index (Phi) is 6.37. The highest BCUT2D eigenvalue weighted by Crippen LogP contribution is 2.34. The van der Waals surface area contributed by atoms with E-state index >= 15 is 0 Å². The Labute approximate surface area is 188 Å². The normalized spacial score (nSPS) is 19.2. The summed E-state index contributed by atoms with van der Waals surface area (Å²) in [7, 11) is 1.47. The molecule has 2 heterocycles. The summed E-state index contributed by atoms with van der Waals surface area (Å²) in [6.45, 7) is 0.838. The predicted molar refractivity (Wildman–Crippen MR) is 114 cm³/mol. The molecule has 174 valence electrons. The van der Waals surface area contributed by atoms with Crippen LogP contribution in [0.3, 0.4) is 0 Å². The maximum Gasteiger partial charge on any atom is 0.416 e. The number of benzene rings is 1. The third-order valence-electron chi connectivity index (χ3n) is 5.57. The van der Waals surface area contributed by atoms with E-state index in [0.717, 1.165) is 24.4 Å². The number of amides is 2. The van der Waals surface area contributed by atoms with Crippen molar-refractivity contribution in [1.82, 2.24) is 15.6 Å². The summed E-state index contributed by atoms with van der Waals surface area (Å²) in [5, 5.41) is 8.30. The summed E-state index contributed by atoms with van der Waals surface area (Å²) in [4.78, 5) is 30.0. The maximum atomic E-state index is 13.0. The number of nitrogens with one attached hydrogen (secondary N) is 3. The van der Waals surface area contributed by atoms with E-state index in [2.05, 4.69) is 20.9 Å². The summed E-state index contributed by atoms with van der Waals surface area (Å²) >= 11 is 0. The number of carbonyl (C=O) groups excluding carboxylic acids is 2. The van der Waals surface area contributed by atoms with E-state index < -0.39 is 23.8 Å². The first kappa shape index (κ1) is 22.8. The number of pyridine rings is 1. The van der Waals surface area contributed by atoms with Gasteiger partial charge in [0, 0.05) is 31.3 Å². The Morgan fingerprint density at radius 3 is 2.67 bits per heavy atom. The van der Waals surface area contributed by atoms with E-state index in [0.29, 0.717) is 36.2 Å². The van der Waals surface area contributed by atoms with Gasteiger partial charge in [0.2, 0.25) is 0 Å². The van der Waals surface area contributed by atoms with Crippen molar-refractivity contribution in [3.8, 4) is 0 Å². The van der Waals surface area contributed by atoms with Gasteiger partial charge in [-0.1, -0.05) is 12.1 Å². The molecule has 0 radical (unpaired) electrons. The number of Topliss-reactive ketones (excluding diaryl/α,β-unsaturated/α-hetero) is 1. The molecule has 33 heavy (non-hydrogen) atoms. The summed E-state index contributed by atoms with van der Waals surface area (Å²) in [6.07, 6.45) is -1.45. The number of rotatable bonds is 6. The van der Waals surface area contributed by atoms with Crippen LogP contribution in [0.25, 0.3) is 0 Å². The van der Waals surface area contributed by atoms with Crippen molar-refractivity contribution in [2.24, 2.45) is 0 Å². The van der Waals surface area contributed by atoms with Gasteiger partial charge in [0.25, 0.3) is 0 Å². The molecular formula is C23H23F3N4O3. The van der Waals surface area contributed by atoms with Crippen molar-refractivity contribution < 1.29 is 27.5 Å². The van der Waals surface area contributed by atoms with E-state index in [1.54, 1.807) is 12.3 Å². The number of ketones is 1. The second-order valence-corrected chi connectivity index (χ2v) is 7.90. The summed E-state index contributed by atoms with van der Waals surface area (Å²) < 4.78 is 44.4. The van der Waals surface area contributed by atoms with Crippen LogP contribution in [0.1, 0.15) is 48.2 Å². The lowest BCUT2D eigenvalue weighted by molar-refractivity contribution is -0.137. The minimum atomic E-state index is -4.53. The molecule has 1 aromatic carbocycles. The minimum Gasteiger partial charge on any atom is -0.501 e. The Hall–Kier alpha value is -3.40. The molecule has 0 bridgehead atoms. The van der Waals surface area contributed by atoms with Crippen LogP contribution in [0.5, 0.6) is 0 Å². The van der Waals surface area contributed by atoms with E-state index in [4.69, 9.17) is 4.74 Å². The van der Waals surface area contributed by atoms with Gasteiger partial charge in [-0.05, 0) is 36.2 Å². The molecule has 1 saturated heterocycles. The molecule has 1 aliphatic carbocycles. The van der Waals surface area contributed by atoms with Crippen molar-refractivity contribution >= 4 is 17.5 Å². The number of ether oxygens (including phenoxy) is 1. The van der Waals surface area contributed by atoms with Crippen molar-refractivity contribution in [3.63, 3.8) is 0 Å². The number of hydrogen-bond acceptors (Lipinski definition) is 5. The zero-order valence-corrected chi connectivity index (χ0v) is 17.8. The molecular weight excluding hydrogens is 437 g/mol. The number of alkyl halides is 3. The predicted octanol–water partition coefficient (Wildman–Crippen LogP) is 4.26. The van der Waals surface area contributed by atoms with E-state index in [1.807, 2.05) is 6.07 Å². The van der Waals surface area contributed by atoms with Crippen molar-refractivity contribution in [1.29, 1.82) is 0 Å². The maximum absolute atomic E-state index is 13.0. The lowest BCUT2D eigenvalue weighted by Gasteiger charge is -2.27. The number of hydrogen-bond donors (Lipinski definition) is 3. The van der Waals surface area contributed by atoms with E-state index in [-0.39, 0.29) is 17.5 Å². The smallest absolute Gasteiger partial charge is 0.416 e. The van der Waals surface area contributed by atoms with Gasteiger partial charge in [-0.3, -0.25) is 9.78 Å². The molecule has 10 heteroatoms. The Balaban J connectivity index is 1.61. The SMILES string of the molecule is COC1=C(C(NC(=O)Nc2cccc(C(F)(F)F)c2)c2ccc(C3CN3)nc2)C(=O)CCC1. The molecule has 0 saturated carbocycles. The second-order valence-electron chi connectivity index (χ2n) is 7.90. The zero-order valence-electron chi connectivity index (χ0n) is 17.8. The number of aromatic nitrogens is 1. The summed E-state index contributed by atoms with van der Waals surface area (Å²) in [5.41, 5.74) is 0.838. The van der Waals surface area contributed by atoms with Crippen LogP contribution >= 0.6 is 0 Å². The third-order valence-corrected chi connectivity index (χ3v) is 5.57. The van der Waals surface area contributed by atoms with Crippen LogP contribution in [0, 0.1) is 0 Å². The molecule has 2 aliphatic rings. The van der Waals surface area contributed by atoms with Gasteiger partial charge in [0.15, 0.2) is 5.78 Å². The van der Waals surface area contributed by atoms with Crippen molar-refractivity contribution in [2.75, 3.05) is 19.0 Å². The largest absolute Gasteiger partial charge is 0.501 e. The molecule has 7 nitrogen and oxygen atoms in total. The van der Waals surface area contributed by atoms with Crippen molar-refractivity contribution in [3.05, 3.63) is 70.7 Å². The summed E-state index contributed by atoms with van der Waals surface area (Å²) in [5.74, 6) is 0.318. The molecule has 2 atom stereocenters. The monoisotopic (exact) mass is 460 g/mol. The fourth-order valence-electron chi connectivity index (χ4n) is 3.82. The number of urea groups is 1. The van der Waals surface area contributed by atoms with Gasteiger partial charge >= 0.3 is 12.2 Å². The fourth-order valence-corrected chi connectivity index (χ4v) is 3.82. The number of anilines is 1. The highest BCUT2D eigenvalue weighted by atomic mass is 19.4. The molecule has 4 rings (SSSR count). The minimum absolute atomic E-state index is 0.0229. The third kappa shape index (κ3) is 5.33. The first-order chi connectivity index (χ1) is 15.8. The number of carbonyl (C=O) groups is 2. The number of allylic oxidation sites excluding steroid dienone is 1. The Morgan fingerprint density at radius 1 is 1.24 bits per heavy atom. The topological polar surface area (TPSA) is 102 Å². The average Bonchev–Trinajstić information content (AvgIpc) is 3.63. The molecule has 1 aliphatic heterocycles. The molecule has 0 spiro atoms. The Morgan fingerprint density at radius 2 is 2.03 bits per heavy atom. The highest BCUT2D eigenvalue weighted by Gasteiger charge is 2.33. The Bertz CT molecular complexity index is 1080. The molecule has 1 aromatic heterocycles. The second kappa shape index (κ2) is 9.22. The standard InChI is InChI=1S/C23H23F3N4O3/c1-33-19-7-3-6-18(31)20(19)21(13-8-9-16(27-11-13)17-12-28-17)30-22(32)29-15-5-2-4-14(10-15)23(24,25)26/h2,4-5,8-11,17,21,28H,3,6-7,12H2,1H3,(H2,29,30,32). The average molecular weight is 460 g/mol. The molecule has 1 fully saturated rings. The first-order valence-corrected chi connectivity index (χ1v) is 10.5. The van der Waals surface area contributed by atoms with Crippen LogP contribution in [-0.2, 0) is 15.7 Å². The molecule has 2 unspecified atom stereocenters. The fraction of sp³-hybridized carbons (Fsp3) is 0.348. The molecule has 3 N–H and O–H groups in total. The van der Waals surface area contributed by atoms with Gasteiger partial charge in [0.05, 0.1) is 36.0 Å². The summed E-state index contributed by atoms with van der Waals surface area (Å²) in [6, 6.07) is 6.50. The van der Waals surface area contributed by atoms with Crippen molar-refractivity contribution in [2.45, 2.75) is 37.5 Å². The van der Waals surface area contributed by atoms with Gasteiger partial charge in [-0.25, -0.2) is 4.79 Å². The number of methoxy groups -OCH3 is 1. The van der Waals surface area contributed by atoms with E-state index in [9.17, 15) is 22.8 Å².